The third kappa shape index (κ3) is 3.58. The fourth-order valence-electron chi connectivity index (χ4n) is 2.02. The minimum atomic E-state index is 0.449. The van der Waals surface area contributed by atoms with Crippen molar-refractivity contribution >= 4 is 0 Å². The number of aromatic nitrogens is 1. The van der Waals surface area contributed by atoms with Crippen LogP contribution in [0.5, 0.6) is 0 Å². The molecular formula is C13H23N3. The zero-order chi connectivity index (χ0) is 12.0. The summed E-state index contributed by atoms with van der Waals surface area (Å²) in [6.45, 7) is 6.11. The van der Waals surface area contributed by atoms with Gasteiger partial charge in [0.2, 0.25) is 0 Å². The van der Waals surface area contributed by atoms with Crippen LogP contribution in [0.25, 0.3) is 0 Å². The van der Waals surface area contributed by atoms with Gasteiger partial charge in [0.1, 0.15) is 0 Å². The summed E-state index contributed by atoms with van der Waals surface area (Å²) in [6.07, 6.45) is 4.89. The van der Waals surface area contributed by atoms with Crippen molar-refractivity contribution in [2.24, 2.45) is 11.7 Å². The zero-order valence-corrected chi connectivity index (χ0v) is 10.6. The Kier molecular flexibility index (Phi) is 5.43. The maximum absolute atomic E-state index is 5.85. The molecule has 90 valence electrons. The Morgan fingerprint density at radius 3 is 2.75 bits per heavy atom. The minimum absolute atomic E-state index is 0.449. The van der Waals surface area contributed by atoms with Crippen LogP contribution in [0.1, 0.15) is 25.8 Å². The summed E-state index contributed by atoms with van der Waals surface area (Å²) in [4.78, 5) is 6.45. The van der Waals surface area contributed by atoms with Gasteiger partial charge in [-0.25, -0.2) is 0 Å². The number of pyridine rings is 1. The second-order valence-electron chi connectivity index (χ2n) is 4.46. The first kappa shape index (κ1) is 13.1. The molecule has 0 saturated heterocycles. The fraction of sp³-hybridized carbons (Fsp3) is 0.615. The molecule has 0 aliphatic rings. The highest BCUT2D eigenvalue weighted by atomic mass is 15.1. The molecule has 0 bridgehead atoms. The van der Waals surface area contributed by atoms with Gasteiger partial charge in [0.05, 0.1) is 0 Å². The highest BCUT2D eigenvalue weighted by molar-refractivity contribution is 5.08. The minimum Gasteiger partial charge on any atom is -0.329 e. The summed E-state index contributed by atoms with van der Waals surface area (Å²) < 4.78 is 0. The Bertz CT molecular complexity index is 286. The van der Waals surface area contributed by atoms with Crippen LogP contribution in [0.2, 0.25) is 0 Å². The van der Waals surface area contributed by atoms with E-state index in [9.17, 15) is 0 Å². The van der Waals surface area contributed by atoms with Crippen LogP contribution in [0.3, 0.4) is 0 Å². The largest absolute Gasteiger partial charge is 0.329 e. The quantitative estimate of drug-likeness (QED) is 0.797. The smallest absolute Gasteiger partial charge is 0.0312 e. The van der Waals surface area contributed by atoms with Crippen LogP contribution in [0.15, 0.2) is 24.5 Å². The zero-order valence-electron chi connectivity index (χ0n) is 10.6. The molecule has 0 saturated carbocycles. The van der Waals surface area contributed by atoms with Gasteiger partial charge >= 0.3 is 0 Å². The van der Waals surface area contributed by atoms with Crippen molar-refractivity contribution in [2.75, 3.05) is 13.6 Å². The topological polar surface area (TPSA) is 42.1 Å². The van der Waals surface area contributed by atoms with E-state index >= 15 is 0 Å². The number of nitrogens with two attached hydrogens (primary N) is 1. The van der Waals surface area contributed by atoms with Crippen molar-refractivity contribution in [3.8, 4) is 0 Å². The lowest BCUT2D eigenvalue weighted by atomic mass is 9.98. The van der Waals surface area contributed by atoms with Crippen molar-refractivity contribution in [3.63, 3.8) is 0 Å². The standard InChI is InChI=1S/C13H23N3/c1-4-11(2)13(8-14)16(3)10-12-6-5-7-15-9-12/h5-7,9,11,13H,4,8,10,14H2,1-3H3. The summed E-state index contributed by atoms with van der Waals surface area (Å²) in [5.74, 6) is 0.631. The first-order valence-electron chi connectivity index (χ1n) is 5.98. The third-order valence-electron chi connectivity index (χ3n) is 3.26. The van der Waals surface area contributed by atoms with Gasteiger partial charge < -0.3 is 5.73 Å². The first-order valence-corrected chi connectivity index (χ1v) is 5.98. The molecule has 1 heterocycles. The molecule has 0 aliphatic carbocycles. The first-order chi connectivity index (χ1) is 7.69. The molecule has 3 heteroatoms. The van der Waals surface area contributed by atoms with E-state index in [-0.39, 0.29) is 0 Å². The van der Waals surface area contributed by atoms with E-state index in [4.69, 9.17) is 5.73 Å². The molecule has 1 aromatic heterocycles. The number of hydrogen-bond acceptors (Lipinski definition) is 3. The molecule has 3 nitrogen and oxygen atoms in total. The maximum Gasteiger partial charge on any atom is 0.0312 e. The van der Waals surface area contributed by atoms with Crippen LogP contribution in [-0.2, 0) is 6.54 Å². The summed E-state index contributed by atoms with van der Waals surface area (Å²) in [6, 6.07) is 4.53. The summed E-state index contributed by atoms with van der Waals surface area (Å²) >= 11 is 0. The molecule has 2 N–H and O–H groups in total. The van der Waals surface area contributed by atoms with E-state index in [0.717, 1.165) is 6.54 Å². The van der Waals surface area contributed by atoms with Crippen LogP contribution >= 0.6 is 0 Å². The van der Waals surface area contributed by atoms with Gasteiger partial charge in [0.25, 0.3) is 0 Å². The highest BCUT2D eigenvalue weighted by Crippen LogP contribution is 2.14. The fourth-order valence-corrected chi connectivity index (χ4v) is 2.02. The van der Waals surface area contributed by atoms with E-state index in [1.165, 1.54) is 12.0 Å². The van der Waals surface area contributed by atoms with Gasteiger partial charge in [0, 0.05) is 31.5 Å². The molecule has 0 amide bonds. The van der Waals surface area contributed by atoms with E-state index < -0.39 is 0 Å². The molecule has 0 aromatic carbocycles. The number of rotatable bonds is 6. The van der Waals surface area contributed by atoms with Crippen molar-refractivity contribution in [2.45, 2.75) is 32.9 Å². The molecule has 0 spiro atoms. The Morgan fingerprint density at radius 1 is 1.50 bits per heavy atom. The van der Waals surface area contributed by atoms with Crippen LogP contribution < -0.4 is 5.73 Å². The average Bonchev–Trinajstić information content (AvgIpc) is 2.31. The highest BCUT2D eigenvalue weighted by Gasteiger charge is 2.18. The SMILES string of the molecule is CCC(C)C(CN)N(C)Cc1cccnc1. The van der Waals surface area contributed by atoms with Gasteiger partial charge in [-0.15, -0.1) is 0 Å². The lowest BCUT2D eigenvalue weighted by Gasteiger charge is -2.31. The normalized spacial score (nSPS) is 15.1. The van der Waals surface area contributed by atoms with Gasteiger partial charge in [-0.3, -0.25) is 9.88 Å². The molecule has 1 aromatic rings. The van der Waals surface area contributed by atoms with Gasteiger partial charge in [-0.2, -0.15) is 0 Å². The summed E-state index contributed by atoms with van der Waals surface area (Å²) in [5, 5.41) is 0. The Labute approximate surface area is 98.7 Å². The molecule has 0 aliphatic heterocycles. The van der Waals surface area contributed by atoms with Crippen LogP contribution in [0.4, 0.5) is 0 Å². The molecule has 0 fully saturated rings. The van der Waals surface area contributed by atoms with E-state index in [1.807, 2.05) is 12.3 Å². The molecule has 16 heavy (non-hydrogen) atoms. The number of hydrogen-bond donors (Lipinski definition) is 1. The monoisotopic (exact) mass is 221 g/mol. The second kappa shape index (κ2) is 6.61. The van der Waals surface area contributed by atoms with E-state index in [0.29, 0.717) is 18.5 Å². The predicted molar refractivity (Wildman–Crippen MR) is 68.0 cm³/mol. The van der Waals surface area contributed by atoms with Crippen LogP contribution in [0, 0.1) is 5.92 Å². The molecule has 0 radical (unpaired) electrons. The molecule has 2 atom stereocenters. The van der Waals surface area contributed by atoms with Gasteiger partial charge in [-0.1, -0.05) is 26.3 Å². The molecular weight excluding hydrogens is 198 g/mol. The van der Waals surface area contributed by atoms with E-state index in [2.05, 4.69) is 36.8 Å². The van der Waals surface area contributed by atoms with E-state index in [1.54, 1.807) is 6.20 Å². The van der Waals surface area contributed by atoms with Gasteiger partial charge in [-0.05, 0) is 24.6 Å². The van der Waals surface area contributed by atoms with Gasteiger partial charge in [0.15, 0.2) is 0 Å². The number of likely N-dealkylation sites (N-methyl/N-ethyl adjacent to an activating group) is 1. The molecule has 1 rings (SSSR count). The molecule has 2 unspecified atom stereocenters. The predicted octanol–water partition coefficient (Wildman–Crippen LogP) is 1.89. The van der Waals surface area contributed by atoms with Crippen molar-refractivity contribution in [1.82, 2.24) is 9.88 Å². The maximum atomic E-state index is 5.85. The summed E-state index contributed by atoms with van der Waals surface area (Å²) in [7, 11) is 2.14. The summed E-state index contributed by atoms with van der Waals surface area (Å²) in [5.41, 5.74) is 7.09. The van der Waals surface area contributed by atoms with Crippen molar-refractivity contribution in [3.05, 3.63) is 30.1 Å². The Balaban J connectivity index is 2.59. The number of nitrogens with zero attached hydrogens (tertiary/aromatic N) is 2. The lowest BCUT2D eigenvalue weighted by molar-refractivity contribution is 0.178. The average molecular weight is 221 g/mol. The second-order valence-corrected chi connectivity index (χ2v) is 4.46. The van der Waals surface area contributed by atoms with Crippen LogP contribution in [-0.4, -0.2) is 29.5 Å². The van der Waals surface area contributed by atoms with Crippen molar-refractivity contribution in [1.29, 1.82) is 0 Å². The Morgan fingerprint density at radius 2 is 2.25 bits per heavy atom. The third-order valence-corrected chi connectivity index (χ3v) is 3.26. The van der Waals surface area contributed by atoms with Crippen molar-refractivity contribution < 1.29 is 0 Å². The Hall–Kier alpha value is -0.930. The lowest BCUT2D eigenvalue weighted by Crippen LogP contribution is -2.42.